The molecule has 1 atom stereocenters. The Morgan fingerprint density at radius 1 is 1.06 bits per heavy atom. The van der Waals surface area contributed by atoms with Crippen molar-refractivity contribution in [3.8, 4) is 28.6 Å². The minimum absolute atomic E-state index is 0.246. The lowest BCUT2D eigenvalue weighted by Crippen LogP contribution is -2.45. The number of hydrogen-bond acceptors (Lipinski definition) is 7. The minimum atomic E-state index is -0.246. The second-order valence-electron chi connectivity index (χ2n) is 7.62. The Morgan fingerprint density at radius 3 is 2.44 bits per heavy atom. The molecule has 2 heterocycles. The van der Waals surface area contributed by atoms with Crippen LogP contribution in [0.1, 0.15) is 38.3 Å². The number of nitrogens with zero attached hydrogens (tertiary/aromatic N) is 3. The van der Waals surface area contributed by atoms with Crippen LogP contribution in [0.15, 0.2) is 52.7 Å². The molecule has 0 fully saturated rings. The average Bonchev–Trinajstić information content (AvgIpc) is 3.34. The van der Waals surface area contributed by atoms with Crippen LogP contribution in [0, 0.1) is 0 Å². The number of nitrogens with one attached hydrogen (secondary N) is 1. The minimum Gasteiger partial charge on any atom is -0.494 e. The number of hydrogen-bond donors (Lipinski definition) is 1. The van der Waals surface area contributed by atoms with Gasteiger partial charge in [0.2, 0.25) is 5.82 Å². The Bertz CT molecular complexity index is 1210. The maximum absolute atomic E-state index is 5.78. The van der Waals surface area contributed by atoms with Crippen LogP contribution in [0.5, 0.6) is 17.2 Å². The molecule has 0 saturated carbocycles. The van der Waals surface area contributed by atoms with E-state index in [1.165, 1.54) is 0 Å². The van der Waals surface area contributed by atoms with E-state index in [9.17, 15) is 0 Å². The maximum atomic E-state index is 5.78. The molecule has 1 N–H and O–H groups in total. The molecule has 9 heteroatoms. The van der Waals surface area contributed by atoms with Crippen molar-refractivity contribution in [1.82, 2.24) is 20.4 Å². The summed E-state index contributed by atoms with van der Waals surface area (Å²) in [5, 5.41) is 8.34. The van der Waals surface area contributed by atoms with Crippen molar-refractivity contribution in [2.24, 2.45) is 0 Å². The van der Waals surface area contributed by atoms with Gasteiger partial charge in [-0.1, -0.05) is 17.3 Å². The summed E-state index contributed by atoms with van der Waals surface area (Å²) in [5.41, 5.74) is 3.61. The van der Waals surface area contributed by atoms with E-state index in [0.717, 1.165) is 28.1 Å². The van der Waals surface area contributed by atoms with Gasteiger partial charge in [-0.15, -0.1) is 0 Å². The molecule has 178 valence electrons. The first kappa shape index (κ1) is 23.6. The third-order valence-corrected chi connectivity index (χ3v) is 6.07. The van der Waals surface area contributed by atoms with E-state index in [0.29, 0.717) is 41.5 Å². The summed E-state index contributed by atoms with van der Waals surface area (Å²) >= 11 is 5.65. The molecule has 3 aromatic rings. The normalized spacial score (nSPS) is 15.9. The number of ether oxygens (including phenoxy) is 3. The fourth-order valence-electron chi connectivity index (χ4n) is 4.04. The Balaban J connectivity index is 1.76. The van der Waals surface area contributed by atoms with Crippen LogP contribution in [0.4, 0.5) is 0 Å². The molecule has 0 bridgehead atoms. The van der Waals surface area contributed by atoms with Crippen molar-refractivity contribution in [3.63, 3.8) is 0 Å². The van der Waals surface area contributed by atoms with Gasteiger partial charge in [0, 0.05) is 17.8 Å². The standard InChI is InChI=1S/C25H28N4O4S/c1-6-29-15(3)21(22(26-25(29)34)16-8-11-18(12-9-16)32-7-2)24-27-23(28-33-24)17-10-13-19(30-4)20(14-17)31-5/h8-14,22H,6-7H2,1-5H3,(H,26,34). The zero-order valence-corrected chi connectivity index (χ0v) is 20.7. The van der Waals surface area contributed by atoms with Gasteiger partial charge in [0.15, 0.2) is 16.6 Å². The van der Waals surface area contributed by atoms with E-state index in [2.05, 4.69) is 17.4 Å². The number of thiocarbonyl (C=S) groups is 1. The maximum Gasteiger partial charge on any atom is 0.258 e. The lowest BCUT2D eigenvalue weighted by Gasteiger charge is -2.36. The molecule has 34 heavy (non-hydrogen) atoms. The lowest BCUT2D eigenvalue weighted by atomic mass is 9.94. The number of allylic oxidation sites excluding steroid dienone is 1. The summed E-state index contributed by atoms with van der Waals surface area (Å²) in [4.78, 5) is 6.76. The van der Waals surface area contributed by atoms with Crippen molar-refractivity contribution >= 4 is 22.9 Å². The molecular weight excluding hydrogens is 452 g/mol. The molecule has 1 aromatic heterocycles. The van der Waals surface area contributed by atoms with Crippen LogP contribution in [-0.4, -0.2) is 47.5 Å². The lowest BCUT2D eigenvalue weighted by molar-refractivity contribution is 0.340. The van der Waals surface area contributed by atoms with E-state index in [-0.39, 0.29) is 6.04 Å². The first-order valence-electron chi connectivity index (χ1n) is 11.1. The first-order chi connectivity index (χ1) is 16.5. The molecule has 0 saturated heterocycles. The molecule has 4 rings (SSSR count). The van der Waals surface area contributed by atoms with Gasteiger partial charge >= 0.3 is 0 Å². The highest BCUT2D eigenvalue weighted by Crippen LogP contribution is 2.38. The van der Waals surface area contributed by atoms with Gasteiger partial charge in [0.1, 0.15) is 5.75 Å². The molecule has 0 radical (unpaired) electrons. The summed E-state index contributed by atoms with van der Waals surface area (Å²) < 4.78 is 22.1. The summed E-state index contributed by atoms with van der Waals surface area (Å²) in [6.45, 7) is 7.36. The molecule has 2 aromatic carbocycles. The van der Waals surface area contributed by atoms with E-state index in [4.69, 9.17) is 35.9 Å². The van der Waals surface area contributed by atoms with Crippen LogP contribution in [0.3, 0.4) is 0 Å². The first-order valence-corrected chi connectivity index (χ1v) is 11.5. The van der Waals surface area contributed by atoms with Gasteiger partial charge < -0.3 is 29.0 Å². The summed E-state index contributed by atoms with van der Waals surface area (Å²) in [6, 6.07) is 13.2. The zero-order valence-electron chi connectivity index (χ0n) is 19.9. The molecule has 1 aliphatic rings. The fourth-order valence-corrected chi connectivity index (χ4v) is 4.42. The third kappa shape index (κ3) is 4.43. The summed E-state index contributed by atoms with van der Waals surface area (Å²) in [5.74, 6) is 2.92. The van der Waals surface area contributed by atoms with E-state index in [1.807, 2.05) is 61.2 Å². The largest absolute Gasteiger partial charge is 0.494 e. The van der Waals surface area contributed by atoms with Crippen molar-refractivity contribution in [2.45, 2.75) is 26.8 Å². The Labute approximate surface area is 204 Å². The van der Waals surface area contributed by atoms with E-state index >= 15 is 0 Å². The van der Waals surface area contributed by atoms with Crippen LogP contribution in [0.2, 0.25) is 0 Å². The number of aromatic nitrogens is 2. The summed E-state index contributed by atoms with van der Waals surface area (Å²) in [7, 11) is 3.19. The topological polar surface area (TPSA) is 81.9 Å². The fraction of sp³-hybridized carbons (Fsp3) is 0.320. The number of rotatable bonds is 8. The van der Waals surface area contributed by atoms with Crippen LogP contribution in [0.25, 0.3) is 17.0 Å². The number of methoxy groups -OCH3 is 2. The monoisotopic (exact) mass is 480 g/mol. The van der Waals surface area contributed by atoms with Crippen molar-refractivity contribution in [1.29, 1.82) is 0 Å². The second kappa shape index (κ2) is 10.1. The predicted molar refractivity (Wildman–Crippen MR) is 134 cm³/mol. The summed E-state index contributed by atoms with van der Waals surface area (Å²) in [6.07, 6.45) is 0. The second-order valence-corrected chi connectivity index (χ2v) is 8.01. The molecular formula is C25H28N4O4S. The highest BCUT2D eigenvalue weighted by Gasteiger charge is 2.33. The molecule has 8 nitrogen and oxygen atoms in total. The van der Waals surface area contributed by atoms with Gasteiger partial charge in [-0.2, -0.15) is 4.98 Å². The van der Waals surface area contributed by atoms with E-state index in [1.54, 1.807) is 14.2 Å². The van der Waals surface area contributed by atoms with Gasteiger partial charge in [-0.25, -0.2) is 0 Å². The van der Waals surface area contributed by atoms with Gasteiger partial charge in [-0.05, 0) is 68.9 Å². The van der Waals surface area contributed by atoms with Crippen LogP contribution in [-0.2, 0) is 0 Å². The highest BCUT2D eigenvalue weighted by atomic mass is 32.1. The van der Waals surface area contributed by atoms with Crippen molar-refractivity contribution < 1.29 is 18.7 Å². The smallest absolute Gasteiger partial charge is 0.258 e. The van der Waals surface area contributed by atoms with Gasteiger partial charge in [0.05, 0.1) is 32.4 Å². The van der Waals surface area contributed by atoms with Crippen LogP contribution >= 0.6 is 12.2 Å². The van der Waals surface area contributed by atoms with E-state index < -0.39 is 0 Å². The molecule has 0 amide bonds. The highest BCUT2D eigenvalue weighted by molar-refractivity contribution is 7.80. The van der Waals surface area contributed by atoms with Gasteiger partial charge in [-0.3, -0.25) is 0 Å². The molecule has 1 aliphatic heterocycles. The Morgan fingerprint density at radius 2 is 1.79 bits per heavy atom. The van der Waals surface area contributed by atoms with Crippen LogP contribution < -0.4 is 19.5 Å². The quantitative estimate of drug-likeness (QED) is 0.456. The molecule has 0 aliphatic carbocycles. The molecule has 1 unspecified atom stereocenters. The average molecular weight is 481 g/mol. The van der Waals surface area contributed by atoms with Gasteiger partial charge in [0.25, 0.3) is 5.89 Å². The Kier molecular flexibility index (Phi) is 7.02. The Hall–Kier alpha value is -3.59. The third-order valence-electron chi connectivity index (χ3n) is 5.74. The SMILES string of the molecule is CCOc1ccc(C2NC(=S)N(CC)C(C)=C2c2nc(-c3ccc(OC)c(OC)c3)no2)cc1. The number of benzene rings is 2. The predicted octanol–water partition coefficient (Wildman–Crippen LogP) is 4.83. The van der Waals surface area contributed by atoms with Crippen molar-refractivity contribution in [2.75, 3.05) is 27.4 Å². The van der Waals surface area contributed by atoms with Crippen molar-refractivity contribution in [3.05, 3.63) is 59.6 Å². The zero-order chi connectivity index (χ0) is 24.2. The molecule has 0 spiro atoms.